The molecule has 0 atom stereocenters. The van der Waals surface area contributed by atoms with Crippen molar-refractivity contribution in [3.8, 4) is 0 Å². The molecule has 4 N–H and O–H groups in total. The standard InChI is InChI=1S/4CH3NO.2FH.2Ti/c4*2-1-3;;;;/h4*1H,(H2,2,3);2*1H;;/q;;;;;;2*+3/p-6. The summed E-state index contributed by atoms with van der Waals surface area (Å²) in [4.78, 5) is 33.9. The zero-order valence-electron chi connectivity index (χ0n) is 7.70. The summed E-state index contributed by atoms with van der Waals surface area (Å²) in [5.41, 5.74) is 22.1. The van der Waals surface area contributed by atoms with Gasteiger partial charge in [-0.15, -0.1) is 0 Å². The molecule has 0 aromatic rings. The number of carbonyl (C=O) groups is 4. The zero-order valence-corrected chi connectivity index (χ0v) is 10.8. The Balaban J connectivity index is -0.00000000821. The molecular weight excluding hydrogens is 302 g/mol. The average Bonchev–Trinajstić information content (AvgIpc) is 1.92. The summed E-state index contributed by atoms with van der Waals surface area (Å²) in [6.07, 6.45) is 0. The summed E-state index contributed by atoms with van der Waals surface area (Å²) in [6, 6.07) is 0. The third-order valence-electron chi connectivity index (χ3n) is 0. The molecule has 0 fully saturated rings. The van der Waals surface area contributed by atoms with E-state index in [1.54, 1.807) is 0 Å². The Kier molecular flexibility index (Phi) is 906. The van der Waals surface area contributed by atoms with Gasteiger partial charge in [-0.05, 0) is 0 Å². The molecule has 90 valence electrons. The molecule has 0 spiro atoms. The van der Waals surface area contributed by atoms with Crippen LogP contribution in [0.25, 0.3) is 22.9 Å². The maximum atomic E-state index is 8.47. The van der Waals surface area contributed by atoms with Crippen molar-refractivity contribution in [2.24, 2.45) is 0 Å². The van der Waals surface area contributed by atoms with Gasteiger partial charge in [0.15, 0.2) is 0 Å². The van der Waals surface area contributed by atoms with Crippen molar-refractivity contribution >= 4 is 25.6 Å². The maximum Gasteiger partial charge on any atom is 3.00 e. The van der Waals surface area contributed by atoms with Crippen LogP contribution in [0.2, 0.25) is 0 Å². The minimum Gasteiger partial charge on any atom is -1.00 e. The van der Waals surface area contributed by atoms with E-state index in [9.17, 15) is 0 Å². The third-order valence-corrected chi connectivity index (χ3v) is 0. The van der Waals surface area contributed by atoms with E-state index < -0.39 is 0 Å². The minimum atomic E-state index is 0. The van der Waals surface area contributed by atoms with Crippen molar-refractivity contribution in [1.82, 2.24) is 0 Å². The van der Waals surface area contributed by atoms with Crippen LogP contribution in [-0.2, 0) is 62.6 Å². The predicted molar refractivity (Wildman–Crippen MR) is 41.5 cm³/mol. The summed E-state index contributed by atoms with van der Waals surface area (Å²) < 4.78 is 0. The Hall–Kier alpha value is -0.831. The molecule has 0 saturated carbocycles. The van der Waals surface area contributed by atoms with Gasteiger partial charge in [-0.1, -0.05) is 0 Å². The minimum absolute atomic E-state index is 0. The summed E-state index contributed by atoms with van der Waals surface area (Å²) in [5, 5.41) is 0. The number of hydrogen-bond donors (Lipinski definition) is 0. The van der Waals surface area contributed by atoms with Crippen LogP contribution in [0.3, 0.4) is 0 Å². The molecule has 8 nitrogen and oxygen atoms in total. The van der Waals surface area contributed by atoms with Crippen molar-refractivity contribution in [3.05, 3.63) is 22.9 Å². The van der Waals surface area contributed by atoms with Crippen LogP contribution in [0.15, 0.2) is 0 Å². The van der Waals surface area contributed by atoms with Gasteiger partial charge in [0, 0.05) is 25.6 Å². The fraction of sp³-hybridized carbons (Fsp3) is 0. The number of amides is 4. The summed E-state index contributed by atoms with van der Waals surface area (Å²) in [7, 11) is 0. The maximum absolute atomic E-state index is 8.47. The first kappa shape index (κ1) is 59.3. The van der Waals surface area contributed by atoms with Crippen molar-refractivity contribution in [2.45, 2.75) is 0 Å². The normalized spacial score (nSPS) is 3.00. The summed E-state index contributed by atoms with van der Waals surface area (Å²) >= 11 is 0. The van der Waals surface area contributed by atoms with E-state index in [1.165, 1.54) is 0 Å². The van der Waals surface area contributed by atoms with Crippen molar-refractivity contribution < 1.29 is 72.0 Å². The molecule has 0 rings (SSSR count). The molecule has 0 aliphatic rings. The summed E-state index contributed by atoms with van der Waals surface area (Å²) in [6.45, 7) is 0. The van der Waals surface area contributed by atoms with Gasteiger partial charge in [0.1, 0.15) is 0 Å². The Bertz CT molecular complexity index is 90.0. The molecule has 0 aromatic carbocycles. The largest absolute Gasteiger partial charge is 3.00 e. The van der Waals surface area contributed by atoms with Gasteiger partial charge in [0.05, 0.1) is 0 Å². The molecule has 12 heteroatoms. The van der Waals surface area contributed by atoms with Crippen LogP contribution in [-0.4, -0.2) is 25.6 Å². The van der Waals surface area contributed by atoms with Crippen LogP contribution in [0.5, 0.6) is 0 Å². The molecule has 0 aliphatic carbocycles. The number of rotatable bonds is 0. The smallest absolute Gasteiger partial charge is 1.00 e. The molecule has 4 amide bonds. The molecule has 0 bridgehead atoms. The Labute approximate surface area is 120 Å². The number of nitrogens with one attached hydrogen (secondary N) is 4. The quantitative estimate of drug-likeness (QED) is 0.322. The first-order valence-electron chi connectivity index (χ1n) is 2.10. The monoisotopic (exact) mass is 310 g/mol. The molecule has 16 heavy (non-hydrogen) atoms. The Morgan fingerprint density at radius 3 is 0.500 bits per heavy atom. The molecule has 0 aliphatic heterocycles. The van der Waals surface area contributed by atoms with Crippen molar-refractivity contribution in [2.75, 3.05) is 0 Å². The van der Waals surface area contributed by atoms with E-state index in [0.29, 0.717) is 0 Å². The zero-order chi connectivity index (χ0) is 10.8. The number of carbonyl (C=O) groups excluding carboxylic acids is 4. The third kappa shape index (κ3) is 2820. The van der Waals surface area contributed by atoms with E-state index in [1.807, 2.05) is 0 Å². The summed E-state index contributed by atoms with van der Waals surface area (Å²) in [5.74, 6) is 0. The van der Waals surface area contributed by atoms with Crippen LogP contribution >= 0.6 is 0 Å². The SMILES string of the molecule is [F-].[F-].[NH-]C=O.[NH-]C=O.[NH-]C=O.[NH-]C=O.[Ti+3].[Ti+3]. The van der Waals surface area contributed by atoms with E-state index in [-0.39, 0.29) is 78.5 Å². The molecule has 0 unspecified atom stereocenters. The first-order chi connectivity index (χ1) is 5.66. The van der Waals surface area contributed by atoms with Crippen molar-refractivity contribution in [3.63, 3.8) is 0 Å². The molecule has 0 heterocycles. The van der Waals surface area contributed by atoms with Gasteiger partial charge in [0.25, 0.3) is 0 Å². The first-order valence-corrected chi connectivity index (χ1v) is 2.10. The number of halogens is 2. The van der Waals surface area contributed by atoms with E-state index >= 15 is 0 Å². The Morgan fingerprint density at radius 2 is 0.500 bits per heavy atom. The molecule has 0 aromatic heterocycles. The second-order valence-corrected chi connectivity index (χ2v) is 0.471. The fourth-order valence-corrected chi connectivity index (χ4v) is 0. The van der Waals surface area contributed by atoms with Gasteiger partial charge in [-0.3, -0.25) is 0 Å². The Morgan fingerprint density at radius 1 is 0.500 bits per heavy atom. The van der Waals surface area contributed by atoms with Gasteiger partial charge in [-0.25, -0.2) is 0 Å². The molecular formula is C4H8F2N4O4Ti2. The van der Waals surface area contributed by atoms with Crippen LogP contribution in [0.4, 0.5) is 0 Å². The van der Waals surface area contributed by atoms with Crippen LogP contribution < -0.4 is 9.41 Å². The topological polar surface area (TPSA) is 163 Å². The second kappa shape index (κ2) is 245. The van der Waals surface area contributed by atoms with Gasteiger partial charge in [0.2, 0.25) is 0 Å². The second-order valence-electron chi connectivity index (χ2n) is 0.471. The molecule has 2 radical (unpaired) electrons. The van der Waals surface area contributed by atoms with Crippen LogP contribution in [0.1, 0.15) is 0 Å². The molecule has 0 saturated heterocycles. The van der Waals surface area contributed by atoms with E-state index in [2.05, 4.69) is 0 Å². The predicted octanol–water partition coefficient (Wildman–Crippen LogP) is -5.22. The van der Waals surface area contributed by atoms with Crippen molar-refractivity contribution in [1.29, 1.82) is 0 Å². The van der Waals surface area contributed by atoms with Crippen LogP contribution in [0, 0.1) is 0 Å². The van der Waals surface area contributed by atoms with E-state index in [0.717, 1.165) is 0 Å². The van der Waals surface area contributed by atoms with Gasteiger partial charge >= 0.3 is 43.4 Å². The van der Waals surface area contributed by atoms with E-state index in [4.69, 9.17) is 42.1 Å². The number of hydrogen-bond acceptors (Lipinski definition) is 4. The average molecular weight is 310 g/mol. The van der Waals surface area contributed by atoms with Gasteiger partial charge in [-0.2, -0.15) is 0 Å². The fourth-order valence-electron chi connectivity index (χ4n) is 0. The van der Waals surface area contributed by atoms with Gasteiger partial charge < -0.3 is 51.5 Å².